The van der Waals surface area contributed by atoms with E-state index in [-0.39, 0.29) is 0 Å². The molecule has 0 radical (unpaired) electrons. The topological polar surface area (TPSA) is 50.5 Å². The van der Waals surface area contributed by atoms with E-state index in [0.717, 1.165) is 63.6 Å². The molecule has 20 heavy (non-hydrogen) atoms. The number of nitrogens with zero attached hydrogens (tertiary/aromatic N) is 2. The van der Waals surface area contributed by atoms with E-state index in [1.807, 2.05) is 0 Å². The Bertz CT molecular complexity index is 429. The van der Waals surface area contributed by atoms with Crippen molar-refractivity contribution in [2.75, 3.05) is 33.4 Å². The van der Waals surface area contributed by atoms with Crippen LogP contribution in [0.1, 0.15) is 31.2 Å². The van der Waals surface area contributed by atoms with Crippen LogP contribution in [0.15, 0.2) is 22.2 Å². The minimum absolute atomic E-state index is 0.753. The maximum absolute atomic E-state index is 5.40. The summed E-state index contributed by atoms with van der Waals surface area (Å²) in [7, 11) is 1.75. The molecule has 0 spiro atoms. The van der Waals surface area contributed by atoms with Crippen molar-refractivity contribution in [3.05, 3.63) is 29.2 Å². The average molecular weight is 279 g/mol. The van der Waals surface area contributed by atoms with Crippen LogP contribution in [0.25, 0.3) is 0 Å². The van der Waals surface area contributed by atoms with Crippen LogP contribution in [-0.2, 0) is 17.8 Å². The summed E-state index contributed by atoms with van der Waals surface area (Å²) in [6, 6.07) is 2.05. The van der Waals surface area contributed by atoms with E-state index in [2.05, 4.69) is 34.4 Å². The lowest BCUT2D eigenvalue weighted by Crippen LogP contribution is -2.28. The zero-order chi connectivity index (χ0) is 14.2. The molecule has 0 saturated carbocycles. The minimum Gasteiger partial charge on any atom is -0.380 e. The maximum atomic E-state index is 5.40. The molecule has 0 aliphatic carbocycles. The van der Waals surface area contributed by atoms with Crippen LogP contribution in [0.2, 0.25) is 0 Å². The highest BCUT2D eigenvalue weighted by Gasteiger charge is 2.14. The van der Waals surface area contributed by atoms with E-state index in [1.165, 1.54) is 5.57 Å². The third-order valence-electron chi connectivity index (χ3n) is 3.44. The van der Waals surface area contributed by atoms with E-state index in [0.29, 0.717) is 0 Å². The first-order valence-electron chi connectivity index (χ1n) is 7.36. The molecule has 2 heterocycles. The van der Waals surface area contributed by atoms with Crippen LogP contribution in [0.5, 0.6) is 0 Å². The van der Waals surface area contributed by atoms with Gasteiger partial charge < -0.3 is 14.6 Å². The Balaban J connectivity index is 1.77. The summed E-state index contributed by atoms with van der Waals surface area (Å²) >= 11 is 0. The lowest BCUT2D eigenvalue weighted by molar-refractivity contribution is 0.204. The van der Waals surface area contributed by atoms with Gasteiger partial charge in [-0.1, -0.05) is 18.2 Å². The number of rotatable bonds is 8. The Hall–Kier alpha value is -1.17. The monoisotopic (exact) mass is 279 g/mol. The van der Waals surface area contributed by atoms with Gasteiger partial charge in [0.05, 0.1) is 18.8 Å². The Morgan fingerprint density at radius 1 is 1.50 bits per heavy atom. The second-order valence-corrected chi connectivity index (χ2v) is 5.24. The molecule has 1 N–H and O–H groups in total. The van der Waals surface area contributed by atoms with Gasteiger partial charge in [0, 0.05) is 32.8 Å². The van der Waals surface area contributed by atoms with Crippen molar-refractivity contribution in [1.82, 2.24) is 15.4 Å². The van der Waals surface area contributed by atoms with Gasteiger partial charge >= 0.3 is 0 Å². The molecule has 2 rings (SSSR count). The summed E-state index contributed by atoms with van der Waals surface area (Å²) in [5.41, 5.74) is 2.38. The molecule has 5 heteroatoms. The van der Waals surface area contributed by atoms with Gasteiger partial charge in [-0.2, -0.15) is 0 Å². The molecule has 112 valence electrons. The van der Waals surface area contributed by atoms with Crippen LogP contribution in [0.4, 0.5) is 0 Å². The number of ether oxygens (including phenoxy) is 1. The number of nitrogens with one attached hydrogen (secondary N) is 1. The molecule has 5 nitrogen and oxygen atoms in total. The normalized spacial score (nSPS) is 16.4. The maximum Gasteiger partial charge on any atom is 0.151 e. The van der Waals surface area contributed by atoms with E-state index in [1.54, 1.807) is 7.11 Å². The highest BCUT2D eigenvalue weighted by molar-refractivity contribution is 5.10. The molecule has 1 aromatic rings. The quantitative estimate of drug-likeness (QED) is 0.582. The molecule has 0 amide bonds. The molecule has 0 atom stereocenters. The highest BCUT2D eigenvalue weighted by Crippen LogP contribution is 2.14. The first-order valence-corrected chi connectivity index (χ1v) is 7.36. The lowest BCUT2D eigenvalue weighted by Gasteiger charge is -2.24. The molecule has 0 bridgehead atoms. The van der Waals surface area contributed by atoms with Gasteiger partial charge in [-0.05, 0) is 25.0 Å². The Morgan fingerprint density at radius 3 is 3.10 bits per heavy atom. The van der Waals surface area contributed by atoms with Crippen molar-refractivity contribution in [3.63, 3.8) is 0 Å². The van der Waals surface area contributed by atoms with Gasteiger partial charge in [0.2, 0.25) is 0 Å². The van der Waals surface area contributed by atoms with Crippen molar-refractivity contribution in [3.8, 4) is 0 Å². The van der Waals surface area contributed by atoms with Gasteiger partial charge in [0.15, 0.2) is 5.76 Å². The molecular formula is C15H25N3O2. The van der Waals surface area contributed by atoms with Crippen molar-refractivity contribution < 1.29 is 9.26 Å². The van der Waals surface area contributed by atoms with E-state index < -0.39 is 0 Å². The fraction of sp³-hybridized carbons (Fsp3) is 0.667. The zero-order valence-electron chi connectivity index (χ0n) is 12.5. The molecule has 1 aromatic heterocycles. The van der Waals surface area contributed by atoms with Crippen molar-refractivity contribution in [1.29, 1.82) is 0 Å². The van der Waals surface area contributed by atoms with Crippen molar-refractivity contribution in [2.45, 2.75) is 32.9 Å². The highest BCUT2D eigenvalue weighted by atomic mass is 16.5. The van der Waals surface area contributed by atoms with Gasteiger partial charge in [0.1, 0.15) is 0 Å². The summed E-state index contributed by atoms with van der Waals surface area (Å²) in [6.45, 7) is 7.56. The van der Waals surface area contributed by atoms with E-state index in [9.17, 15) is 0 Å². The van der Waals surface area contributed by atoms with Gasteiger partial charge in [-0.15, -0.1) is 0 Å². The van der Waals surface area contributed by atoms with Gasteiger partial charge in [-0.3, -0.25) is 4.90 Å². The summed E-state index contributed by atoms with van der Waals surface area (Å²) in [5, 5.41) is 7.43. The third-order valence-corrected chi connectivity index (χ3v) is 3.44. The van der Waals surface area contributed by atoms with Crippen LogP contribution in [0.3, 0.4) is 0 Å². The number of aromatic nitrogens is 1. The van der Waals surface area contributed by atoms with E-state index >= 15 is 0 Å². The Morgan fingerprint density at radius 2 is 2.40 bits per heavy atom. The summed E-state index contributed by atoms with van der Waals surface area (Å²) < 4.78 is 10.6. The molecule has 0 unspecified atom stereocenters. The van der Waals surface area contributed by atoms with Crippen molar-refractivity contribution >= 4 is 0 Å². The number of methoxy groups -OCH3 is 1. The lowest BCUT2D eigenvalue weighted by atomic mass is 10.1. The first kappa shape index (κ1) is 15.2. The zero-order valence-corrected chi connectivity index (χ0v) is 12.5. The first-order chi connectivity index (χ1) is 9.81. The molecule has 1 aliphatic heterocycles. The molecule has 0 aromatic carbocycles. The van der Waals surface area contributed by atoms with E-state index in [4.69, 9.17) is 9.26 Å². The largest absolute Gasteiger partial charge is 0.380 e. The smallest absolute Gasteiger partial charge is 0.151 e. The Kier molecular flexibility index (Phi) is 6.24. The summed E-state index contributed by atoms with van der Waals surface area (Å²) in [5.74, 6) is 0.946. The minimum atomic E-state index is 0.753. The SMILES string of the molecule is CCCNCc1cc(CN2CC=C(COC)CC2)on1. The predicted octanol–water partition coefficient (Wildman–Crippen LogP) is 1.95. The second kappa shape index (κ2) is 8.19. The van der Waals surface area contributed by atoms with Crippen LogP contribution < -0.4 is 5.32 Å². The molecule has 1 aliphatic rings. The Labute approximate surface area is 121 Å². The fourth-order valence-electron chi connectivity index (χ4n) is 2.34. The summed E-state index contributed by atoms with van der Waals surface area (Å²) in [4.78, 5) is 2.36. The second-order valence-electron chi connectivity index (χ2n) is 5.24. The standard InChI is InChI=1S/C15H25N3O2/c1-3-6-16-10-14-9-15(20-17-14)11-18-7-4-13(5-8-18)12-19-2/h4,9,16H,3,5-8,10-12H2,1-2H3. The average Bonchev–Trinajstić information content (AvgIpc) is 2.89. The molecule has 0 saturated heterocycles. The number of hydrogen-bond acceptors (Lipinski definition) is 5. The van der Waals surface area contributed by atoms with Crippen molar-refractivity contribution in [2.24, 2.45) is 0 Å². The molecular weight excluding hydrogens is 254 g/mol. The van der Waals surface area contributed by atoms with Crippen LogP contribution >= 0.6 is 0 Å². The fourth-order valence-corrected chi connectivity index (χ4v) is 2.34. The predicted molar refractivity (Wildman–Crippen MR) is 78.4 cm³/mol. The van der Waals surface area contributed by atoms with Crippen LogP contribution in [0, 0.1) is 0 Å². The van der Waals surface area contributed by atoms with Gasteiger partial charge in [-0.25, -0.2) is 0 Å². The molecule has 0 fully saturated rings. The van der Waals surface area contributed by atoms with Crippen LogP contribution in [-0.4, -0.2) is 43.4 Å². The summed E-state index contributed by atoms with van der Waals surface area (Å²) in [6.07, 6.45) is 4.47. The van der Waals surface area contributed by atoms with Gasteiger partial charge in [0.25, 0.3) is 0 Å². The number of hydrogen-bond donors (Lipinski definition) is 1. The third kappa shape index (κ3) is 4.74.